The van der Waals surface area contributed by atoms with Crippen LogP contribution in [-0.2, 0) is 20.9 Å². The van der Waals surface area contributed by atoms with Crippen molar-refractivity contribution in [3.8, 4) is 0 Å². The van der Waals surface area contributed by atoms with Crippen molar-refractivity contribution in [2.24, 2.45) is 5.92 Å². The number of rotatable bonds is 14. The fourth-order valence-corrected chi connectivity index (χ4v) is 3.22. The summed E-state index contributed by atoms with van der Waals surface area (Å²) in [5, 5.41) is 16.4. The van der Waals surface area contributed by atoms with Gasteiger partial charge < -0.3 is 25.2 Å². The molecule has 0 heterocycles. The Morgan fingerprint density at radius 1 is 1.18 bits per heavy atom. The predicted molar refractivity (Wildman–Crippen MR) is 131 cm³/mol. The molecule has 0 aliphatic rings. The monoisotopic (exact) mass is 462 g/mol. The van der Waals surface area contributed by atoms with Crippen molar-refractivity contribution >= 4 is 12.0 Å². The van der Waals surface area contributed by atoms with E-state index in [1.807, 2.05) is 44.2 Å². The van der Waals surface area contributed by atoms with E-state index in [2.05, 4.69) is 17.2 Å². The van der Waals surface area contributed by atoms with Gasteiger partial charge in [0.1, 0.15) is 5.60 Å². The SMILES string of the molecule is C=C(CC(O)C(CC(C)COCc1ccccc1)NC(=O)OC(C)(C)C)C(=O)NCCCC. The van der Waals surface area contributed by atoms with Crippen LogP contribution in [0.4, 0.5) is 4.79 Å². The molecule has 1 aromatic rings. The lowest BCUT2D eigenvalue weighted by molar-refractivity contribution is -0.117. The van der Waals surface area contributed by atoms with Crippen LogP contribution in [0.2, 0.25) is 0 Å². The number of aliphatic hydroxyl groups excluding tert-OH is 1. The van der Waals surface area contributed by atoms with Crippen LogP contribution < -0.4 is 10.6 Å². The molecule has 0 bridgehead atoms. The molecule has 3 atom stereocenters. The smallest absolute Gasteiger partial charge is 0.407 e. The molecule has 0 saturated heterocycles. The zero-order valence-corrected chi connectivity index (χ0v) is 20.9. The fraction of sp³-hybridized carbons (Fsp3) is 0.615. The molecular formula is C26H42N2O5. The first-order chi connectivity index (χ1) is 15.5. The summed E-state index contributed by atoms with van der Waals surface area (Å²) in [6.45, 7) is 14.7. The van der Waals surface area contributed by atoms with Crippen molar-refractivity contribution in [1.82, 2.24) is 10.6 Å². The summed E-state index contributed by atoms with van der Waals surface area (Å²) in [5.74, 6) is -0.229. The predicted octanol–water partition coefficient (Wildman–Crippen LogP) is 4.35. The molecule has 0 saturated carbocycles. The molecule has 7 heteroatoms. The van der Waals surface area contributed by atoms with Crippen molar-refractivity contribution in [3.05, 3.63) is 48.0 Å². The Balaban J connectivity index is 2.69. The topological polar surface area (TPSA) is 96.9 Å². The largest absolute Gasteiger partial charge is 0.444 e. The molecule has 0 aromatic heterocycles. The summed E-state index contributed by atoms with van der Waals surface area (Å²) in [6, 6.07) is 9.26. The van der Waals surface area contributed by atoms with Crippen LogP contribution in [0.5, 0.6) is 0 Å². The minimum absolute atomic E-state index is 0.0509. The van der Waals surface area contributed by atoms with Crippen LogP contribution in [0.25, 0.3) is 0 Å². The Morgan fingerprint density at radius 2 is 1.85 bits per heavy atom. The van der Waals surface area contributed by atoms with Crippen molar-refractivity contribution in [1.29, 1.82) is 0 Å². The van der Waals surface area contributed by atoms with E-state index < -0.39 is 23.8 Å². The van der Waals surface area contributed by atoms with Gasteiger partial charge in [0.25, 0.3) is 0 Å². The molecule has 3 N–H and O–H groups in total. The molecule has 186 valence electrons. The Bertz CT molecular complexity index is 730. The molecule has 3 unspecified atom stereocenters. The van der Waals surface area contributed by atoms with Crippen molar-refractivity contribution in [3.63, 3.8) is 0 Å². The van der Waals surface area contributed by atoms with Gasteiger partial charge in [-0.1, -0.05) is 57.2 Å². The van der Waals surface area contributed by atoms with Crippen LogP contribution in [0, 0.1) is 5.92 Å². The van der Waals surface area contributed by atoms with Gasteiger partial charge in [-0.15, -0.1) is 0 Å². The van der Waals surface area contributed by atoms with Crippen LogP contribution >= 0.6 is 0 Å². The van der Waals surface area contributed by atoms with E-state index in [-0.39, 0.29) is 23.8 Å². The van der Waals surface area contributed by atoms with E-state index >= 15 is 0 Å². The zero-order chi connectivity index (χ0) is 24.9. The number of alkyl carbamates (subject to hydrolysis) is 1. The summed E-state index contributed by atoms with van der Waals surface area (Å²) in [4.78, 5) is 24.6. The van der Waals surface area contributed by atoms with E-state index in [1.165, 1.54) is 0 Å². The molecule has 0 radical (unpaired) electrons. The minimum Gasteiger partial charge on any atom is -0.444 e. The Labute approximate surface area is 198 Å². The van der Waals surface area contributed by atoms with Crippen LogP contribution in [0.3, 0.4) is 0 Å². The highest BCUT2D eigenvalue weighted by Crippen LogP contribution is 2.17. The Hall–Kier alpha value is -2.38. The number of carbonyl (C=O) groups is 2. The Morgan fingerprint density at radius 3 is 2.45 bits per heavy atom. The second-order valence-electron chi connectivity index (χ2n) is 9.58. The third-order valence-corrected chi connectivity index (χ3v) is 4.93. The first-order valence-electron chi connectivity index (χ1n) is 11.8. The minimum atomic E-state index is -0.987. The number of benzene rings is 1. The van der Waals surface area contributed by atoms with E-state index in [4.69, 9.17) is 9.47 Å². The number of amides is 2. The quantitative estimate of drug-likeness (QED) is 0.282. The maximum absolute atomic E-state index is 12.4. The lowest BCUT2D eigenvalue weighted by Gasteiger charge is -2.29. The van der Waals surface area contributed by atoms with Gasteiger partial charge in [0.2, 0.25) is 5.91 Å². The Kier molecular flexibility index (Phi) is 12.8. The lowest BCUT2D eigenvalue weighted by atomic mass is 9.94. The third-order valence-electron chi connectivity index (χ3n) is 4.93. The number of carbonyl (C=O) groups excluding carboxylic acids is 2. The maximum Gasteiger partial charge on any atom is 0.407 e. The maximum atomic E-state index is 12.4. The fourth-order valence-electron chi connectivity index (χ4n) is 3.22. The summed E-state index contributed by atoms with van der Waals surface area (Å²) in [7, 11) is 0. The zero-order valence-electron chi connectivity index (χ0n) is 20.9. The molecule has 1 aromatic carbocycles. The molecule has 33 heavy (non-hydrogen) atoms. The third kappa shape index (κ3) is 13.0. The number of nitrogens with one attached hydrogen (secondary N) is 2. The molecular weight excluding hydrogens is 420 g/mol. The standard InChI is InChI=1S/C26H42N2O5/c1-7-8-14-27-24(30)20(3)16-23(29)22(28-25(31)33-26(4,5)6)15-19(2)17-32-18-21-12-10-9-11-13-21/h9-13,19,22-23,29H,3,7-8,14-18H2,1-2,4-6H3,(H,27,30)(H,28,31). The van der Waals surface area contributed by atoms with E-state index in [1.54, 1.807) is 20.8 Å². The molecule has 0 aliphatic carbocycles. The van der Waals surface area contributed by atoms with Crippen molar-refractivity contribution < 1.29 is 24.2 Å². The van der Waals surface area contributed by atoms with E-state index in [0.717, 1.165) is 18.4 Å². The highest BCUT2D eigenvalue weighted by atomic mass is 16.6. The number of unbranched alkanes of at least 4 members (excludes halogenated alkanes) is 1. The lowest BCUT2D eigenvalue weighted by Crippen LogP contribution is -2.47. The molecule has 0 spiro atoms. The van der Waals surface area contributed by atoms with Gasteiger partial charge in [-0.25, -0.2) is 4.79 Å². The summed E-state index contributed by atoms with van der Waals surface area (Å²) in [6.07, 6.45) is 0.767. The van der Waals surface area contributed by atoms with E-state index in [0.29, 0.717) is 26.2 Å². The highest BCUT2D eigenvalue weighted by Gasteiger charge is 2.27. The van der Waals surface area contributed by atoms with Crippen molar-refractivity contribution in [2.45, 2.75) is 84.7 Å². The second kappa shape index (κ2) is 14.7. The van der Waals surface area contributed by atoms with Crippen LogP contribution in [0.15, 0.2) is 42.5 Å². The molecule has 0 aliphatic heterocycles. The summed E-state index contributed by atoms with van der Waals surface area (Å²) >= 11 is 0. The van der Waals surface area contributed by atoms with Gasteiger partial charge in [0, 0.05) is 25.1 Å². The van der Waals surface area contributed by atoms with Gasteiger partial charge >= 0.3 is 6.09 Å². The van der Waals surface area contributed by atoms with Gasteiger partial charge in [-0.05, 0) is 45.1 Å². The number of ether oxygens (including phenoxy) is 2. The average Bonchev–Trinajstić information content (AvgIpc) is 2.72. The molecule has 1 rings (SSSR count). The average molecular weight is 463 g/mol. The van der Waals surface area contributed by atoms with Crippen LogP contribution in [-0.4, -0.2) is 48.0 Å². The van der Waals surface area contributed by atoms with E-state index in [9.17, 15) is 14.7 Å². The summed E-state index contributed by atoms with van der Waals surface area (Å²) < 4.78 is 11.2. The molecule has 0 fully saturated rings. The van der Waals surface area contributed by atoms with Gasteiger partial charge in [0.05, 0.1) is 18.8 Å². The number of hydrogen-bond donors (Lipinski definition) is 3. The highest BCUT2D eigenvalue weighted by molar-refractivity contribution is 5.92. The van der Waals surface area contributed by atoms with Crippen LogP contribution in [0.1, 0.15) is 65.9 Å². The molecule has 2 amide bonds. The normalized spacial score (nSPS) is 14.1. The van der Waals surface area contributed by atoms with Gasteiger partial charge in [-0.3, -0.25) is 4.79 Å². The van der Waals surface area contributed by atoms with Gasteiger partial charge in [0.15, 0.2) is 0 Å². The van der Waals surface area contributed by atoms with Gasteiger partial charge in [-0.2, -0.15) is 0 Å². The molecule has 7 nitrogen and oxygen atoms in total. The number of aliphatic hydroxyl groups is 1. The first-order valence-corrected chi connectivity index (χ1v) is 11.8. The first kappa shape index (κ1) is 28.7. The number of hydrogen-bond acceptors (Lipinski definition) is 5. The second-order valence-corrected chi connectivity index (χ2v) is 9.58. The van der Waals surface area contributed by atoms with Crippen molar-refractivity contribution in [2.75, 3.05) is 13.2 Å². The summed E-state index contributed by atoms with van der Waals surface area (Å²) in [5.41, 5.74) is 0.702.